The molecule has 5 heteroatoms. The Balaban J connectivity index is 2.68. The molecule has 0 aromatic heterocycles. The van der Waals surface area contributed by atoms with E-state index in [0.29, 0.717) is 4.90 Å². The topological polar surface area (TPSA) is 66.5 Å². The number of nitrogens with zero attached hydrogens (tertiary/aromatic N) is 1. The zero-order valence-corrected chi connectivity index (χ0v) is 7.40. The van der Waals surface area contributed by atoms with E-state index in [0.717, 1.165) is 12.2 Å². The van der Waals surface area contributed by atoms with Crippen LogP contribution in [-0.2, 0) is 9.59 Å². The van der Waals surface area contributed by atoms with Gasteiger partial charge in [-0.2, -0.15) is 4.90 Å². The Bertz CT molecular complexity index is 276. The van der Waals surface area contributed by atoms with Gasteiger partial charge in [0.25, 0.3) is 11.8 Å². The maximum atomic E-state index is 11.2. The second-order valence-corrected chi connectivity index (χ2v) is 2.95. The Morgan fingerprint density at radius 3 is 2.15 bits per heavy atom. The fourth-order valence-electron chi connectivity index (χ4n) is 0.912. The summed E-state index contributed by atoms with van der Waals surface area (Å²) >= 11 is 0. The van der Waals surface area contributed by atoms with Crippen molar-refractivity contribution in [1.82, 2.24) is 10.2 Å². The summed E-state index contributed by atoms with van der Waals surface area (Å²) in [5.74, 6) is -1.19. The van der Waals surface area contributed by atoms with Crippen LogP contribution < -0.4 is 5.32 Å². The molecule has 0 aromatic rings. The van der Waals surface area contributed by atoms with Crippen LogP contribution in [0.5, 0.6) is 0 Å². The van der Waals surface area contributed by atoms with Gasteiger partial charge in [0, 0.05) is 18.2 Å². The third-order valence-corrected chi connectivity index (χ3v) is 1.42. The molecule has 0 aromatic carbocycles. The van der Waals surface area contributed by atoms with Crippen LogP contribution in [0.2, 0.25) is 0 Å². The maximum Gasteiger partial charge on any atom is 0.331 e. The lowest BCUT2D eigenvalue weighted by Crippen LogP contribution is -2.45. The quantitative estimate of drug-likeness (QED) is 0.582. The van der Waals surface area contributed by atoms with E-state index in [9.17, 15) is 14.4 Å². The molecule has 1 aliphatic rings. The van der Waals surface area contributed by atoms with Gasteiger partial charge in [0.2, 0.25) is 0 Å². The van der Waals surface area contributed by atoms with Crippen LogP contribution >= 0.6 is 0 Å². The third kappa shape index (κ3) is 1.93. The van der Waals surface area contributed by atoms with E-state index in [1.165, 1.54) is 0 Å². The van der Waals surface area contributed by atoms with Gasteiger partial charge in [-0.3, -0.25) is 9.59 Å². The molecule has 0 saturated carbocycles. The highest BCUT2D eigenvalue weighted by Gasteiger charge is 2.29. The molecule has 0 radical (unpaired) electrons. The molecule has 1 rings (SSSR count). The van der Waals surface area contributed by atoms with Gasteiger partial charge >= 0.3 is 6.03 Å². The highest BCUT2D eigenvalue weighted by molar-refractivity contribution is 6.22. The standard InChI is InChI=1S/C8H10N2O3/c1-5(2)9-8(13)10-6(11)3-4-7(10)12/h3-5H,1-2H3,(H,9,13). The van der Waals surface area contributed by atoms with Gasteiger partial charge in [0.05, 0.1) is 0 Å². The lowest BCUT2D eigenvalue weighted by atomic mass is 10.4. The minimum atomic E-state index is -0.671. The van der Waals surface area contributed by atoms with Crippen LogP contribution in [0.1, 0.15) is 13.8 Å². The molecule has 1 N–H and O–H groups in total. The lowest BCUT2D eigenvalue weighted by molar-refractivity contribution is -0.133. The van der Waals surface area contributed by atoms with Crippen molar-refractivity contribution in [2.45, 2.75) is 19.9 Å². The minimum Gasteiger partial charge on any atom is -0.335 e. The summed E-state index contributed by atoms with van der Waals surface area (Å²) in [7, 11) is 0. The van der Waals surface area contributed by atoms with E-state index < -0.39 is 17.8 Å². The highest BCUT2D eigenvalue weighted by Crippen LogP contribution is 2.03. The molecule has 5 nitrogen and oxygen atoms in total. The van der Waals surface area contributed by atoms with Gasteiger partial charge in [-0.15, -0.1) is 0 Å². The molecule has 0 fully saturated rings. The van der Waals surface area contributed by atoms with Gasteiger partial charge < -0.3 is 5.32 Å². The third-order valence-electron chi connectivity index (χ3n) is 1.42. The Morgan fingerprint density at radius 2 is 1.77 bits per heavy atom. The van der Waals surface area contributed by atoms with Crippen molar-refractivity contribution in [3.8, 4) is 0 Å². The SMILES string of the molecule is CC(C)NC(=O)N1C(=O)C=CC1=O. The van der Waals surface area contributed by atoms with E-state index in [1.807, 2.05) is 0 Å². The first-order valence-electron chi connectivity index (χ1n) is 3.89. The molecule has 0 saturated heterocycles. The van der Waals surface area contributed by atoms with Crippen LogP contribution in [0.15, 0.2) is 12.2 Å². The molecule has 0 spiro atoms. The van der Waals surface area contributed by atoms with Gasteiger partial charge in [0.15, 0.2) is 0 Å². The summed E-state index contributed by atoms with van der Waals surface area (Å²) in [5, 5.41) is 2.45. The minimum absolute atomic E-state index is 0.103. The zero-order chi connectivity index (χ0) is 10.0. The fourth-order valence-corrected chi connectivity index (χ4v) is 0.912. The first-order chi connectivity index (χ1) is 6.02. The molecular weight excluding hydrogens is 172 g/mol. The number of carbonyl (C=O) groups excluding carboxylic acids is 3. The second kappa shape index (κ2) is 3.38. The van der Waals surface area contributed by atoms with Crippen LogP contribution in [-0.4, -0.2) is 28.8 Å². The summed E-state index contributed by atoms with van der Waals surface area (Å²) < 4.78 is 0. The van der Waals surface area contributed by atoms with Crippen molar-refractivity contribution in [3.05, 3.63) is 12.2 Å². The van der Waals surface area contributed by atoms with Crippen LogP contribution in [0, 0.1) is 0 Å². The molecule has 4 amide bonds. The van der Waals surface area contributed by atoms with Crippen molar-refractivity contribution < 1.29 is 14.4 Å². The van der Waals surface area contributed by atoms with Crippen molar-refractivity contribution >= 4 is 17.8 Å². The number of rotatable bonds is 1. The average Bonchev–Trinajstić information content (AvgIpc) is 2.29. The van der Waals surface area contributed by atoms with Crippen LogP contribution in [0.4, 0.5) is 4.79 Å². The van der Waals surface area contributed by atoms with Gasteiger partial charge in [-0.1, -0.05) is 0 Å². The molecular formula is C8H10N2O3. The van der Waals surface area contributed by atoms with Crippen molar-refractivity contribution in [2.24, 2.45) is 0 Å². The molecule has 0 atom stereocenters. The summed E-state index contributed by atoms with van der Waals surface area (Å²) in [6.45, 7) is 3.49. The van der Waals surface area contributed by atoms with Crippen molar-refractivity contribution in [3.63, 3.8) is 0 Å². The first-order valence-corrected chi connectivity index (χ1v) is 3.89. The van der Waals surface area contributed by atoms with E-state index >= 15 is 0 Å². The predicted octanol–water partition coefficient (Wildman–Crippen LogP) is 0.0294. The fraction of sp³-hybridized carbons (Fsp3) is 0.375. The molecule has 70 valence electrons. The number of hydrogen-bond acceptors (Lipinski definition) is 3. The predicted molar refractivity (Wildman–Crippen MR) is 44.7 cm³/mol. The zero-order valence-electron chi connectivity index (χ0n) is 7.40. The smallest absolute Gasteiger partial charge is 0.331 e. The number of nitrogens with one attached hydrogen (secondary N) is 1. The molecule has 13 heavy (non-hydrogen) atoms. The number of carbonyl (C=O) groups is 3. The second-order valence-electron chi connectivity index (χ2n) is 2.95. The number of imide groups is 3. The Morgan fingerprint density at radius 1 is 1.31 bits per heavy atom. The number of urea groups is 1. The maximum absolute atomic E-state index is 11.2. The summed E-state index contributed by atoms with van der Waals surface area (Å²) in [6, 6.07) is -0.774. The number of hydrogen-bond donors (Lipinski definition) is 1. The lowest BCUT2D eigenvalue weighted by Gasteiger charge is -2.14. The highest BCUT2D eigenvalue weighted by atomic mass is 16.2. The summed E-state index contributed by atoms with van der Waals surface area (Å²) in [5.41, 5.74) is 0. The van der Waals surface area contributed by atoms with Gasteiger partial charge in [0.1, 0.15) is 0 Å². The van der Waals surface area contributed by atoms with Crippen LogP contribution in [0.3, 0.4) is 0 Å². The Hall–Kier alpha value is -1.65. The molecule has 0 unspecified atom stereocenters. The van der Waals surface area contributed by atoms with Crippen LogP contribution in [0.25, 0.3) is 0 Å². The summed E-state index contributed by atoms with van der Waals surface area (Å²) in [4.78, 5) is 33.7. The van der Waals surface area contributed by atoms with Crippen molar-refractivity contribution in [1.29, 1.82) is 0 Å². The monoisotopic (exact) mass is 182 g/mol. The van der Waals surface area contributed by atoms with E-state index in [-0.39, 0.29) is 6.04 Å². The molecule has 1 heterocycles. The van der Waals surface area contributed by atoms with Crippen molar-refractivity contribution in [2.75, 3.05) is 0 Å². The Labute approximate surface area is 75.4 Å². The Kier molecular flexibility index (Phi) is 2.46. The average molecular weight is 182 g/mol. The van der Waals surface area contributed by atoms with E-state index in [2.05, 4.69) is 5.32 Å². The number of amides is 4. The largest absolute Gasteiger partial charge is 0.335 e. The molecule has 1 aliphatic heterocycles. The van der Waals surface area contributed by atoms with E-state index in [4.69, 9.17) is 0 Å². The van der Waals surface area contributed by atoms with E-state index in [1.54, 1.807) is 13.8 Å². The summed E-state index contributed by atoms with van der Waals surface area (Å²) in [6.07, 6.45) is 2.14. The molecule has 0 aliphatic carbocycles. The first kappa shape index (κ1) is 9.44. The van der Waals surface area contributed by atoms with Gasteiger partial charge in [-0.25, -0.2) is 4.79 Å². The van der Waals surface area contributed by atoms with Gasteiger partial charge in [-0.05, 0) is 13.8 Å². The normalized spacial score (nSPS) is 15.8. The molecule has 0 bridgehead atoms.